The van der Waals surface area contributed by atoms with E-state index in [4.69, 9.17) is 10.4 Å². The van der Waals surface area contributed by atoms with Gasteiger partial charge in [0.15, 0.2) is 0 Å². The van der Waals surface area contributed by atoms with Gasteiger partial charge in [-0.2, -0.15) is 5.26 Å². The second-order valence-corrected chi connectivity index (χ2v) is 3.71. The van der Waals surface area contributed by atoms with Crippen LogP contribution in [-0.2, 0) is 16.5 Å². The molecule has 0 bridgehead atoms. The molecule has 7 heteroatoms. The Morgan fingerprint density at radius 3 is 2.71 bits per heavy atom. The molecule has 0 saturated heterocycles. The summed E-state index contributed by atoms with van der Waals surface area (Å²) < 4.78 is 25.0. The van der Waals surface area contributed by atoms with E-state index in [1.165, 1.54) is 0 Å². The van der Waals surface area contributed by atoms with Crippen LogP contribution in [0.2, 0.25) is 0 Å². The molecular formula is C10H7BrF2N2O2. The van der Waals surface area contributed by atoms with Gasteiger partial charge in [-0.25, -0.2) is 13.8 Å². The van der Waals surface area contributed by atoms with Crippen LogP contribution >= 0.6 is 15.9 Å². The number of rotatable bonds is 4. The van der Waals surface area contributed by atoms with Crippen LogP contribution in [0.5, 0.6) is 0 Å². The quantitative estimate of drug-likeness (QED) is 0.867. The number of pyridine rings is 1. The Bertz CT molecular complexity index is 486. The van der Waals surface area contributed by atoms with Crippen molar-refractivity contribution in [2.45, 2.75) is 18.2 Å². The number of nitrogens with zero attached hydrogens (tertiary/aromatic N) is 2. The summed E-state index contributed by atoms with van der Waals surface area (Å²) in [7, 11) is 0. The molecule has 0 aliphatic heterocycles. The molecule has 4 nitrogen and oxygen atoms in total. The van der Waals surface area contributed by atoms with Crippen molar-refractivity contribution in [2.24, 2.45) is 0 Å². The third-order valence-corrected chi connectivity index (χ3v) is 2.64. The normalized spacial score (nSPS) is 10.3. The standard InChI is InChI=1S/C10H7BrF2N2O2/c11-3-5-1-7(10(12)13)15-8(4-14)6(5)2-9(16)17/h1,10H,2-3H2,(H,16,17). The third kappa shape index (κ3) is 3.20. The molecule has 1 rings (SSSR count). The average Bonchev–Trinajstić information content (AvgIpc) is 2.28. The number of aliphatic carboxylic acids is 1. The first-order chi connectivity index (χ1) is 7.99. The number of carbonyl (C=O) groups is 1. The Balaban J connectivity index is 3.37. The molecule has 1 aromatic rings. The number of halogens is 3. The predicted octanol–water partition coefficient (Wildman–Crippen LogP) is 2.41. The highest BCUT2D eigenvalue weighted by Gasteiger charge is 2.18. The number of alkyl halides is 3. The molecule has 1 N–H and O–H groups in total. The fraction of sp³-hybridized carbons (Fsp3) is 0.300. The summed E-state index contributed by atoms with van der Waals surface area (Å²) in [4.78, 5) is 14.1. The summed E-state index contributed by atoms with van der Waals surface area (Å²) in [6.07, 6.45) is -3.21. The van der Waals surface area contributed by atoms with E-state index in [1.54, 1.807) is 6.07 Å². The maximum atomic E-state index is 12.5. The fourth-order valence-corrected chi connectivity index (χ4v) is 1.82. The number of hydrogen-bond acceptors (Lipinski definition) is 3. The zero-order valence-corrected chi connectivity index (χ0v) is 10.0. The highest BCUT2D eigenvalue weighted by atomic mass is 79.9. The van der Waals surface area contributed by atoms with Crippen molar-refractivity contribution < 1.29 is 18.7 Å². The molecule has 0 aliphatic carbocycles. The van der Waals surface area contributed by atoms with E-state index in [2.05, 4.69) is 20.9 Å². The monoisotopic (exact) mass is 304 g/mol. The summed E-state index contributed by atoms with van der Waals surface area (Å²) >= 11 is 3.07. The van der Waals surface area contributed by atoms with Crippen LogP contribution in [0.4, 0.5) is 8.78 Å². The lowest BCUT2D eigenvalue weighted by Crippen LogP contribution is -2.09. The van der Waals surface area contributed by atoms with E-state index in [-0.39, 0.29) is 16.6 Å². The van der Waals surface area contributed by atoms with Crippen LogP contribution in [0.15, 0.2) is 6.07 Å². The summed E-state index contributed by atoms with van der Waals surface area (Å²) in [6, 6.07) is 2.75. The van der Waals surface area contributed by atoms with Crippen molar-refractivity contribution in [3.05, 3.63) is 28.6 Å². The SMILES string of the molecule is N#Cc1nc(C(F)F)cc(CBr)c1CC(=O)O. The molecule has 0 aliphatic rings. The number of nitriles is 1. The second-order valence-electron chi connectivity index (χ2n) is 3.15. The van der Waals surface area contributed by atoms with Gasteiger partial charge in [0.25, 0.3) is 6.43 Å². The van der Waals surface area contributed by atoms with E-state index < -0.39 is 24.5 Å². The lowest BCUT2D eigenvalue weighted by atomic mass is 10.0. The van der Waals surface area contributed by atoms with Gasteiger partial charge < -0.3 is 5.11 Å². The topological polar surface area (TPSA) is 74.0 Å². The molecule has 1 aromatic heterocycles. The Morgan fingerprint density at radius 1 is 1.65 bits per heavy atom. The summed E-state index contributed by atoms with van der Waals surface area (Å²) in [5.74, 6) is -1.14. The van der Waals surface area contributed by atoms with Gasteiger partial charge in [-0.3, -0.25) is 4.79 Å². The van der Waals surface area contributed by atoms with Gasteiger partial charge in [-0.15, -0.1) is 0 Å². The summed E-state index contributed by atoms with van der Waals surface area (Å²) in [6.45, 7) is 0. The molecule has 0 unspecified atom stereocenters. The van der Waals surface area contributed by atoms with E-state index in [0.717, 1.165) is 6.07 Å². The van der Waals surface area contributed by atoms with Crippen LogP contribution in [-0.4, -0.2) is 16.1 Å². The molecule has 0 fully saturated rings. The minimum absolute atomic E-state index is 0.168. The van der Waals surface area contributed by atoms with Crippen LogP contribution in [0.3, 0.4) is 0 Å². The minimum Gasteiger partial charge on any atom is -0.481 e. The van der Waals surface area contributed by atoms with Gasteiger partial charge in [0.1, 0.15) is 17.5 Å². The Labute approximate surface area is 104 Å². The molecule has 0 atom stereocenters. The van der Waals surface area contributed by atoms with Crippen LogP contribution in [0.1, 0.15) is 28.9 Å². The summed E-state index contributed by atoms with van der Waals surface area (Å²) in [5, 5.41) is 17.7. The van der Waals surface area contributed by atoms with Gasteiger partial charge in [0.05, 0.1) is 6.42 Å². The predicted molar refractivity (Wildman–Crippen MR) is 57.9 cm³/mol. The maximum Gasteiger partial charge on any atom is 0.307 e. The number of carboxylic acids is 1. The number of hydrogen-bond donors (Lipinski definition) is 1. The Kier molecular flexibility index (Phi) is 4.52. The highest BCUT2D eigenvalue weighted by molar-refractivity contribution is 9.08. The molecular weight excluding hydrogens is 298 g/mol. The van der Waals surface area contributed by atoms with Crippen molar-refractivity contribution in [1.29, 1.82) is 5.26 Å². The van der Waals surface area contributed by atoms with E-state index in [0.29, 0.717) is 5.56 Å². The number of carboxylic acid groups (broad SMARTS) is 1. The van der Waals surface area contributed by atoms with Gasteiger partial charge >= 0.3 is 5.97 Å². The van der Waals surface area contributed by atoms with Crippen molar-refractivity contribution in [3.8, 4) is 6.07 Å². The zero-order chi connectivity index (χ0) is 13.0. The first-order valence-electron chi connectivity index (χ1n) is 4.48. The lowest BCUT2D eigenvalue weighted by Gasteiger charge is -2.09. The lowest BCUT2D eigenvalue weighted by molar-refractivity contribution is -0.136. The zero-order valence-electron chi connectivity index (χ0n) is 8.45. The Hall–Kier alpha value is -1.55. The molecule has 0 spiro atoms. The van der Waals surface area contributed by atoms with E-state index in [1.807, 2.05) is 0 Å². The Morgan fingerprint density at radius 2 is 2.29 bits per heavy atom. The van der Waals surface area contributed by atoms with Crippen LogP contribution in [0, 0.1) is 11.3 Å². The van der Waals surface area contributed by atoms with Crippen molar-refractivity contribution in [1.82, 2.24) is 4.98 Å². The van der Waals surface area contributed by atoms with Crippen molar-refractivity contribution >= 4 is 21.9 Å². The third-order valence-electron chi connectivity index (χ3n) is 2.04. The number of aromatic nitrogens is 1. The molecule has 0 radical (unpaired) electrons. The molecule has 17 heavy (non-hydrogen) atoms. The second kappa shape index (κ2) is 5.68. The van der Waals surface area contributed by atoms with E-state index in [9.17, 15) is 13.6 Å². The van der Waals surface area contributed by atoms with Gasteiger partial charge in [-0.05, 0) is 11.6 Å². The molecule has 1 heterocycles. The first kappa shape index (κ1) is 13.5. The highest BCUT2D eigenvalue weighted by Crippen LogP contribution is 2.24. The average molecular weight is 305 g/mol. The molecule has 0 amide bonds. The van der Waals surface area contributed by atoms with Crippen LogP contribution in [0.25, 0.3) is 0 Å². The first-order valence-corrected chi connectivity index (χ1v) is 5.60. The van der Waals surface area contributed by atoms with Gasteiger partial charge in [-0.1, -0.05) is 15.9 Å². The van der Waals surface area contributed by atoms with Gasteiger partial charge in [0, 0.05) is 10.9 Å². The fourth-order valence-electron chi connectivity index (χ4n) is 1.32. The minimum atomic E-state index is -2.79. The smallest absolute Gasteiger partial charge is 0.307 e. The maximum absolute atomic E-state index is 12.5. The van der Waals surface area contributed by atoms with Crippen LogP contribution < -0.4 is 0 Å². The molecule has 0 aromatic carbocycles. The van der Waals surface area contributed by atoms with Crippen molar-refractivity contribution in [3.63, 3.8) is 0 Å². The van der Waals surface area contributed by atoms with E-state index >= 15 is 0 Å². The molecule has 0 saturated carbocycles. The molecule has 90 valence electrons. The van der Waals surface area contributed by atoms with Gasteiger partial charge in [0.2, 0.25) is 0 Å². The van der Waals surface area contributed by atoms with Crippen molar-refractivity contribution in [2.75, 3.05) is 0 Å². The summed E-state index contributed by atoms with van der Waals surface area (Å²) in [5.41, 5.74) is -0.277. The largest absolute Gasteiger partial charge is 0.481 e.